The highest BCUT2D eigenvalue weighted by atomic mass is 19.4. The fraction of sp³-hybridized carbons (Fsp3) is 0.130. The van der Waals surface area contributed by atoms with Crippen molar-refractivity contribution in [1.82, 2.24) is 0 Å². The minimum atomic E-state index is -4.86. The third-order valence-electron chi connectivity index (χ3n) is 5.10. The number of anilines is 1. The Hall–Kier alpha value is -3.95. The van der Waals surface area contributed by atoms with Crippen LogP contribution in [-0.4, -0.2) is 18.1 Å². The summed E-state index contributed by atoms with van der Waals surface area (Å²) in [5, 5.41) is 5.23. The number of nitrogens with zero attached hydrogens (tertiary/aromatic N) is 2. The zero-order chi connectivity index (χ0) is 23.8. The number of hydrazone groups is 1. The Bertz CT molecular complexity index is 1210. The summed E-state index contributed by atoms with van der Waals surface area (Å²) >= 11 is 0. The van der Waals surface area contributed by atoms with Crippen LogP contribution in [0, 0.1) is 11.6 Å². The van der Waals surface area contributed by atoms with Gasteiger partial charge in [0.05, 0.1) is 11.4 Å². The molecule has 0 aliphatic heterocycles. The highest BCUT2D eigenvalue weighted by Crippen LogP contribution is 2.36. The molecule has 0 saturated heterocycles. The summed E-state index contributed by atoms with van der Waals surface area (Å²) in [5.41, 5.74) is 7.87. The summed E-state index contributed by atoms with van der Waals surface area (Å²) in [7, 11) is 0. The predicted octanol–water partition coefficient (Wildman–Crippen LogP) is 5.49. The van der Waals surface area contributed by atoms with Crippen LogP contribution in [0.2, 0.25) is 0 Å². The van der Waals surface area contributed by atoms with Crippen molar-refractivity contribution in [3.8, 4) is 5.75 Å². The molecule has 1 aliphatic rings. The molecular formula is C23H16F5N3O2. The lowest BCUT2D eigenvalue weighted by molar-refractivity contribution is -0.274. The third-order valence-corrected chi connectivity index (χ3v) is 5.10. The Morgan fingerprint density at radius 1 is 0.970 bits per heavy atom. The van der Waals surface area contributed by atoms with Crippen LogP contribution < -0.4 is 15.5 Å². The summed E-state index contributed by atoms with van der Waals surface area (Å²) in [6.07, 6.45) is -4.52. The quantitative estimate of drug-likeness (QED) is 0.412. The molecule has 2 amide bonds. The SMILES string of the molecule is NC(=O)N(/N=C1/c2ccc(F)cc2CC1c1ccc(F)cc1)c1ccc(OC(F)(F)F)cc1. The second-order valence-corrected chi connectivity index (χ2v) is 7.29. The Morgan fingerprint density at radius 3 is 2.21 bits per heavy atom. The number of alkyl halides is 3. The number of benzene rings is 3. The molecule has 3 aromatic rings. The Morgan fingerprint density at radius 2 is 1.61 bits per heavy atom. The van der Waals surface area contributed by atoms with Gasteiger partial charge in [0, 0.05) is 11.5 Å². The molecule has 1 atom stereocenters. The Kier molecular flexibility index (Phi) is 5.75. The summed E-state index contributed by atoms with van der Waals surface area (Å²) in [5.74, 6) is -1.79. The maximum atomic E-state index is 13.8. The lowest BCUT2D eigenvalue weighted by Gasteiger charge is -2.19. The number of rotatable bonds is 4. The standard InChI is InChI=1S/C23H16F5N3O2/c24-15-3-1-13(2-4-15)20-12-14-11-16(25)5-10-19(14)21(20)30-31(22(29)32)17-6-8-18(9-7-17)33-23(26,27)28/h1-11,20H,12H2,(H2,29,32)/b30-21-. The first-order valence-corrected chi connectivity index (χ1v) is 9.69. The minimum Gasteiger partial charge on any atom is -0.406 e. The van der Waals surface area contributed by atoms with Crippen LogP contribution in [-0.2, 0) is 6.42 Å². The lowest BCUT2D eigenvalue weighted by atomic mass is 9.94. The number of ether oxygens (including phenoxy) is 1. The molecule has 4 rings (SSSR count). The van der Waals surface area contributed by atoms with Crippen LogP contribution in [0.25, 0.3) is 0 Å². The maximum Gasteiger partial charge on any atom is 0.573 e. The smallest absolute Gasteiger partial charge is 0.406 e. The molecule has 0 aromatic heterocycles. The van der Waals surface area contributed by atoms with E-state index < -0.39 is 35.7 Å². The van der Waals surface area contributed by atoms with E-state index in [0.717, 1.165) is 17.1 Å². The van der Waals surface area contributed by atoms with Crippen LogP contribution in [0.15, 0.2) is 71.8 Å². The summed E-state index contributed by atoms with van der Waals surface area (Å²) < 4.78 is 68.3. The number of fused-ring (bicyclic) bond motifs is 1. The van der Waals surface area contributed by atoms with E-state index in [4.69, 9.17) is 5.73 Å². The molecule has 33 heavy (non-hydrogen) atoms. The van der Waals surface area contributed by atoms with E-state index in [9.17, 15) is 26.7 Å². The van der Waals surface area contributed by atoms with Crippen LogP contribution in [0.5, 0.6) is 5.75 Å². The second-order valence-electron chi connectivity index (χ2n) is 7.29. The van der Waals surface area contributed by atoms with E-state index >= 15 is 0 Å². The van der Waals surface area contributed by atoms with Crippen molar-refractivity contribution < 1.29 is 31.5 Å². The van der Waals surface area contributed by atoms with Gasteiger partial charge >= 0.3 is 12.4 Å². The van der Waals surface area contributed by atoms with Crippen molar-refractivity contribution in [3.05, 3.63) is 95.1 Å². The number of urea groups is 1. The maximum absolute atomic E-state index is 13.8. The van der Waals surface area contributed by atoms with Crippen molar-refractivity contribution in [3.63, 3.8) is 0 Å². The molecule has 10 heteroatoms. The van der Waals surface area contributed by atoms with Crippen LogP contribution in [0.3, 0.4) is 0 Å². The van der Waals surface area contributed by atoms with Gasteiger partial charge < -0.3 is 10.5 Å². The Balaban J connectivity index is 1.76. The normalized spacial score (nSPS) is 16.5. The molecule has 170 valence electrons. The topological polar surface area (TPSA) is 67.9 Å². The number of carbonyl (C=O) groups excluding carboxylic acids is 1. The molecule has 2 N–H and O–H groups in total. The molecule has 0 radical (unpaired) electrons. The van der Waals surface area contributed by atoms with E-state index in [0.29, 0.717) is 28.8 Å². The zero-order valence-electron chi connectivity index (χ0n) is 16.8. The highest BCUT2D eigenvalue weighted by molar-refractivity contribution is 6.10. The molecule has 0 spiro atoms. The molecule has 1 unspecified atom stereocenters. The van der Waals surface area contributed by atoms with Gasteiger partial charge in [0.2, 0.25) is 0 Å². The molecule has 0 bridgehead atoms. The van der Waals surface area contributed by atoms with E-state index in [-0.39, 0.29) is 5.69 Å². The van der Waals surface area contributed by atoms with E-state index in [2.05, 4.69) is 9.84 Å². The average Bonchev–Trinajstić information content (AvgIpc) is 3.09. The monoisotopic (exact) mass is 461 g/mol. The van der Waals surface area contributed by atoms with Crippen LogP contribution >= 0.6 is 0 Å². The average molecular weight is 461 g/mol. The number of halogens is 5. The first-order valence-electron chi connectivity index (χ1n) is 9.69. The summed E-state index contributed by atoms with van der Waals surface area (Å²) in [4.78, 5) is 12.2. The van der Waals surface area contributed by atoms with Gasteiger partial charge in [0.1, 0.15) is 17.4 Å². The Labute approximate surface area is 184 Å². The van der Waals surface area contributed by atoms with Crippen LogP contribution in [0.1, 0.15) is 22.6 Å². The van der Waals surface area contributed by atoms with Crippen molar-refractivity contribution in [1.29, 1.82) is 0 Å². The van der Waals surface area contributed by atoms with Crippen molar-refractivity contribution in [2.45, 2.75) is 18.7 Å². The molecule has 5 nitrogen and oxygen atoms in total. The van der Waals surface area contributed by atoms with Crippen LogP contribution in [0.4, 0.5) is 32.4 Å². The number of amides is 2. The first-order chi connectivity index (χ1) is 15.6. The first kappa shape index (κ1) is 22.3. The third kappa shape index (κ3) is 4.94. The number of carbonyl (C=O) groups is 1. The fourth-order valence-electron chi connectivity index (χ4n) is 3.71. The number of primary amides is 1. The van der Waals surface area contributed by atoms with Gasteiger partial charge in [-0.25, -0.2) is 13.6 Å². The summed E-state index contributed by atoms with van der Waals surface area (Å²) in [6, 6.07) is 13.3. The van der Waals surface area contributed by atoms with E-state index in [1.165, 1.54) is 42.5 Å². The van der Waals surface area contributed by atoms with Gasteiger partial charge in [-0.05, 0) is 72.1 Å². The lowest BCUT2D eigenvalue weighted by Crippen LogP contribution is -2.33. The van der Waals surface area contributed by atoms with Gasteiger partial charge in [-0.2, -0.15) is 10.1 Å². The van der Waals surface area contributed by atoms with Crippen molar-refractivity contribution in [2.24, 2.45) is 10.8 Å². The molecule has 1 aliphatic carbocycles. The van der Waals surface area contributed by atoms with Gasteiger partial charge in [-0.15, -0.1) is 13.2 Å². The number of hydrogen-bond acceptors (Lipinski definition) is 3. The number of hydrogen-bond donors (Lipinski definition) is 1. The van der Waals surface area contributed by atoms with Gasteiger partial charge in [0.15, 0.2) is 0 Å². The van der Waals surface area contributed by atoms with Crippen molar-refractivity contribution >= 4 is 17.4 Å². The fourth-order valence-corrected chi connectivity index (χ4v) is 3.71. The molecule has 0 heterocycles. The largest absolute Gasteiger partial charge is 0.573 e. The van der Waals surface area contributed by atoms with Gasteiger partial charge in [-0.1, -0.05) is 12.1 Å². The molecule has 3 aromatic carbocycles. The van der Waals surface area contributed by atoms with E-state index in [1.54, 1.807) is 12.1 Å². The minimum absolute atomic E-state index is 0.0953. The van der Waals surface area contributed by atoms with Gasteiger partial charge in [-0.3, -0.25) is 0 Å². The molecule has 0 fully saturated rings. The molecule has 0 saturated carbocycles. The van der Waals surface area contributed by atoms with Crippen molar-refractivity contribution in [2.75, 3.05) is 5.01 Å². The molecular weight excluding hydrogens is 445 g/mol. The predicted molar refractivity (Wildman–Crippen MR) is 111 cm³/mol. The number of nitrogens with two attached hydrogens (primary N) is 1. The van der Waals surface area contributed by atoms with Gasteiger partial charge in [0.25, 0.3) is 0 Å². The zero-order valence-corrected chi connectivity index (χ0v) is 16.8. The second kappa shape index (κ2) is 8.53. The summed E-state index contributed by atoms with van der Waals surface area (Å²) in [6.45, 7) is 0. The highest BCUT2D eigenvalue weighted by Gasteiger charge is 2.33. The van der Waals surface area contributed by atoms with E-state index in [1.807, 2.05) is 0 Å².